The van der Waals surface area contributed by atoms with Gasteiger partial charge in [0.15, 0.2) is 0 Å². The second-order valence-electron chi connectivity index (χ2n) is 6.63. The van der Waals surface area contributed by atoms with Crippen molar-refractivity contribution in [2.75, 3.05) is 26.2 Å². The molecule has 4 heteroatoms. The molecule has 1 saturated heterocycles. The molecule has 2 aromatic carbocycles. The van der Waals surface area contributed by atoms with Crippen LogP contribution in [-0.4, -0.2) is 41.9 Å². The van der Waals surface area contributed by atoms with Crippen LogP contribution in [0.5, 0.6) is 0 Å². The van der Waals surface area contributed by atoms with E-state index < -0.39 is 0 Å². The standard InChI is InChI=1S/C21H25FN2O/c22-20-10-4-9-19(16-20)17-23-12-14-24(15-13-23)21(25)11-5-8-18-6-2-1-3-7-18/h1-4,6-7,9-10,16H,5,8,11-15,17H2. The first-order chi connectivity index (χ1) is 12.2. The van der Waals surface area contributed by atoms with Crippen molar-refractivity contribution in [3.8, 4) is 0 Å². The van der Waals surface area contributed by atoms with Gasteiger partial charge in [0, 0.05) is 39.1 Å². The molecular weight excluding hydrogens is 315 g/mol. The van der Waals surface area contributed by atoms with Gasteiger partial charge in [-0.25, -0.2) is 4.39 Å². The SMILES string of the molecule is O=C(CCCc1ccccc1)N1CCN(Cc2cccc(F)c2)CC1. The predicted octanol–water partition coefficient (Wildman–Crippen LogP) is 3.49. The lowest BCUT2D eigenvalue weighted by Crippen LogP contribution is -2.48. The molecular formula is C21H25FN2O. The zero-order valence-electron chi connectivity index (χ0n) is 14.5. The van der Waals surface area contributed by atoms with Crippen molar-refractivity contribution in [3.05, 3.63) is 71.5 Å². The number of halogens is 1. The van der Waals surface area contributed by atoms with Crippen LogP contribution in [0, 0.1) is 5.82 Å². The first-order valence-electron chi connectivity index (χ1n) is 8.99. The highest BCUT2D eigenvalue weighted by Gasteiger charge is 2.20. The molecule has 1 fully saturated rings. The van der Waals surface area contributed by atoms with Gasteiger partial charge in [-0.2, -0.15) is 0 Å². The van der Waals surface area contributed by atoms with Gasteiger partial charge >= 0.3 is 0 Å². The van der Waals surface area contributed by atoms with Gasteiger partial charge in [0.25, 0.3) is 0 Å². The molecule has 0 bridgehead atoms. The Morgan fingerprint density at radius 2 is 1.64 bits per heavy atom. The highest BCUT2D eigenvalue weighted by Crippen LogP contribution is 2.12. The monoisotopic (exact) mass is 340 g/mol. The molecule has 0 saturated carbocycles. The predicted molar refractivity (Wildman–Crippen MR) is 97.6 cm³/mol. The van der Waals surface area contributed by atoms with Gasteiger partial charge in [0.05, 0.1) is 0 Å². The number of carbonyl (C=O) groups is 1. The van der Waals surface area contributed by atoms with E-state index in [1.165, 1.54) is 11.6 Å². The molecule has 2 aromatic rings. The second kappa shape index (κ2) is 8.77. The smallest absolute Gasteiger partial charge is 0.222 e. The Morgan fingerprint density at radius 3 is 2.36 bits per heavy atom. The summed E-state index contributed by atoms with van der Waals surface area (Å²) in [5.74, 6) is 0.0612. The third-order valence-corrected chi connectivity index (χ3v) is 4.72. The number of amides is 1. The number of carbonyl (C=O) groups excluding carboxylic acids is 1. The molecule has 132 valence electrons. The van der Waals surface area contributed by atoms with E-state index in [0.717, 1.165) is 51.1 Å². The summed E-state index contributed by atoms with van der Waals surface area (Å²) in [5.41, 5.74) is 2.28. The van der Waals surface area contributed by atoms with Crippen molar-refractivity contribution in [2.24, 2.45) is 0 Å². The Balaban J connectivity index is 1.38. The molecule has 0 spiro atoms. The van der Waals surface area contributed by atoms with Gasteiger partial charge in [-0.15, -0.1) is 0 Å². The summed E-state index contributed by atoms with van der Waals surface area (Å²) in [6, 6.07) is 17.0. The van der Waals surface area contributed by atoms with Gasteiger partial charge in [0.2, 0.25) is 5.91 Å². The van der Waals surface area contributed by atoms with Crippen molar-refractivity contribution in [1.82, 2.24) is 9.80 Å². The van der Waals surface area contributed by atoms with E-state index in [1.54, 1.807) is 12.1 Å². The van der Waals surface area contributed by atoms with Gasteiger partial charge < -0.3 is 4.90 Å². The topological polar surface area (TPSA) is 23.6 Å². The summed E-state index contributed by atoms with van der Waals surface area (Å²) in [7, 11) is 0. The van der Waals surface area contributed by atoms with E-state index >= 15 is 0 Å². The zero-order valence-corrected chi connectivity index (χ0v) is 14.5. The quantitative estimate of drug-likeness (QED) is 0.804. The summed E-state index contributed by atoms with van der Waals surface area (Å²) < 4.78 is 13.3. The molecule has 0 aromatic heterocycles. The van der Waals surface area contributed by atoms with Crippen LogP contribution >= 0.6 is 0 Å². The molecule has 0 atom stereocenters. The molecule has 0 N–H and O–H groups in total. The lowest BCUT2D eigenvalue weighted by atomic mass is 10.1. The second-order valence-corrected chi connectivity index (χ2v) is 6.63. The van der Waals surface area contributed by atoms with Crippen LogP contribution in [0.25, 0.3) is 0 Å². The number of aryl methyl sites for hydroxylation is 1. The van der Waals surface area contributed by atoms with Crippen molar-refractivity contribution in [2.45, 2.75) is 25.8 Å². The Labute approximate surface area is 149 Å². The molecule has 3 rings (SSSR count). The first-order valence-corrected chi connectivity index (χ1v) is 8.99. The molecule has 25 heavy (non-hydrogen) atoms. The number of hydrogen-bond acceptors (Lipinski definition) is 2. The van der Waals surface area contributed by atoms with Gasteiger partial charge in [-0.1, -0.05) is 42.5 Å². The maximum Gasteiger partial charge on any atom is 0.222 e. The van der Waals surface area contributed by atoms with E-state index in [-0.39, 0.29) is 11.7 Å². The maximum atomic E-state index is 13.3. The fourth-order valence-electron chi connectivity index (χ4n) is 3.30. The van der Waals surface area contributed by atoms with Gasteiger partial charge in [-0.3, -0.25) is 9.69 Å². The van der Waals surface area contributed by atoms with E-state index in [4.69, 9.17) is 0 Å². The minimum atomic E-state index is -0.190. The van der Waals surface area contributed by atoms with Gasteiger partial charge in [-0.05, 0) is 36.1 Å². The molecule has 1 heterocycles. The van der Waals surface area contributed by atoms with Crippen LogP contribution in [0.2, 0.25) is 0 Å². The molecule has 1 aliphatic rings. The minimum Gasteiger partial charge on any atom is -0.340 e. The van der Waals surface area contributed by atoms with Crippen LogP contribution in [0.3, 0.4) is 0 Å². The Hall–Kier alpha value is -2.20. The summed E-state index contributed by atoms with van der Waals surface area (Å²) in [6.07, 6.45) is 2.46. The fraction of sp³-hybridized carbons (Fsp3) is 0.381. The van der Waals surface area contributed by atoms with Crippen molar-refractivity contribution >= 4 is 5.91 Å². The molecule has 3 nitrogen and oxygen atoms in total. The zero-order chi connectivity index (χ0) is 17.5. The summed E-state index contributed by atoms with van der Waals surface area (Å²) in [6.45, 7) is 3.97. The lowest BCUT2D eigenvalue weighted by Gasteiger charge is -2.34. The highest BCUT2D eigenvalue weighted by molar-refractivity contribution is 5.76. The molecule has 1 amide bonds. The van der Waals surface area contributed by atoms with E-state index in [2.05, 4.69) is 17.0 Å². The average molecular weight is 340 g/mol. The van der Waals surface area contributed by atoms with Crippen LogP contribution in [0.4, 0.5) is 4.39 Å². The van der Waals surface area contributed by atoms with E-state index in [0.29, 0.717) is 6.42 Å². The molecule has 0 unspecified atom stereocenters. The van der Waals surface area contributed by atoms with Crippen molar-refractivity contribution in [1.29, 1.82) is 0 Å². The summed E-state index contributed by atoms with van der Waals surface area (Å²) >= 11 is 0. The third-order valence-electron chi connectivity index (χ3n) is 4.72. The van der Waals surface area contributed by atoms with Crippen molar-refractivity contribution < 1.29 is 9.18 Å². The van der Waals surface area contributed by atoms with Gasteiger partial charge in [0.1, 0.15) is 5.82 Å². The number of hydrogen-bond donors (Lipinski definition) is 0. The van der Waals surface area contributed by atoms with E-state index in [1.807, 2.05) is 29.2 Å². The first kappa shape index (κ1) is 17.6. The van der Waals surface area contributed by atoms with E-state index in [9.17, 15) is 9.18 Å². The highest BCUT2D eigenvalue weighted by atomic mass is 19.1. The minimum absolute atomic E-state index is 0.190. The Bertz CT molecular complexity index is 681. The Kier molecular flexibility index (Phi) is 6.18. The molecule has 0 radical (unpaired) electrons. The van der Waals surface area contributed by atoms with Crippen LogP contribution in [-0.2, 0) is 17.8 Å². The summed E-state index contributed by atoms with van der Waals surface area (Å²) in [4.78, 5) is 16.6. The summed E-state index contributed by atoms with van der Waals surface area (Å²) in [5, 5.41) is 0. The van der Waals surface area contributed by atoms with Crippen LogP contribution in [0.15, 0.2) is 54.6 Å². The number of nitrogens with zero attached hydrogens (tertiary/aromatic N) is 2. The largest absolute Gasteiger partial charge is 0.340 e. The molecule has 0 aliphatic carbocycles. The average Bonchev–Trinajstić information content (AvgIpc) is 2.63. The number of piperazine rings is 1. The number of benzene rings is 2. The lowest BCUT2D eigenvalue weighted by molar-refractivity contribution is -0.133. The van der Waals surface area contributed by atoms with Crippen LogP contribution in [0.1, 0.15) is 24.0 Å². The van der Waals surface area contributed by atoms with Crippen molar-refractivity contribution in [3.63, 3.8) is 0 Å². The third kappa shape index (κ3) is 5.40. The Morgan fingerprint density at radius 1 is 0.920 bits per heavy atom. The van der Waals surface area contributed by atoms with Crippen LogP contribution < -0.4 is 0 Å². The molecule has 1 aliphatic heterocycles. The maximum absolute atomic E-state index is 13.3. The fourth-order valence-corrected chi connectivity index (χ4v) is 3.30. The normalized spacial score (nSPS) is 15.3. The number of rotatable bonds is 6.